The third-order valence-corrected chi connectivity index (χ3v) is 2.71. The summed E-state index contributed by atoms with van der Waals surface area (Å²) in [4.78, 5) is 15.1. The monoisotopic (exact) mass is 293 g/mol. The van der Waals surface area contributed by atoms with E-state index in [1.807, 2.05) is 0 Å². The van der Waals surface area contributed by atoms with Crippen molar-refractivity contribution in [2.24, 2.45) is 0 Å². The molecule has 3 nitrogen and oxygen atoms in total. The number of pyridine rings is 1. The third kappa shape index (κ3) is 2.55. The number of halogens is 3. The third-order valence-electron chi connectivity index (χ3n) is 2.11. The molecule has 16 heavy (non-hydrogen) atoms. The number of hydrogen-bond acceptors (Lipinski definition) is 3. The second-order valence-corrected chi connectivity index (χ2v) is 3.66. The number of rotatable bonds is 3. The van der Waals surface area contributed by atoms with E-state index < -0.39 is 18.0 Å². The fraction of sp³-hybridized carbons (Fsp3) is 0.400. The minimum atomic E-state index is -2.75. The number of esters is 1. The molecule has 0 spiro atoms. The number of carbonyl (C=O) groups excluding carboxylic acids is 1. The minimum Gasteiger partial charge on any atom is -0.464 e. The van der Waals surface area contributed by atoms with Crippen molar-refractivity contribution in [3.05, 3.63) is 28.6 Å². The number of nitrogens with zero attached hydrogens (tertiary/aromatic N) is 1. The van der Waals surface area contributed by atoms with Crippen LogP contribution in [0.5, 0.6) is 0 Å². The summed E-state index contributed by atoms with van der Waals surface area (Å²) in [6.45, 7) is 1.65. The van der Waals surface area contributed by atoms with Gasteiger partial charge in [-0.1, -0.05) is 15.9 Å². The Morgan fingerprint density at radius 3 is 2.69 bits per heavy atom. The predicted octanol–water partition coefficient (Wildman–Crippen LogP) is 3.01. The average molecular weight is 294 g/mol. The number of aromatic nitrogens is 1. The zero-order valence-corrected chi connectivity index (χ0v) is 10.3. The van der Waals surface area contributed by atoms with Gasteiger partial charge in [0.2, 0.25) is 0 Å². The van der Waals surface area contributed by atoms with Crippen molar-refractivity contribution in [2.75, 3.05) is 7.11 Å². The van der Waals surface area contributed by atoms with Crippen LogP contribution in [0.1, 0.15) is 33.7 Å². The second kappa shape index (κ2) is 5.34. The molecule has 88 valence electrons. The maximum absolute atomic E-state index is 12.7. The van der Waals surface area contributed by atoms with E-state index >= 15 is 0 Å². The molecule has 0 aliphatic rings. The van der Waals surface area contributed by atoms with Crippen molar-refractivity contribution in [2.45, 2.75) is 18.7 Å². The van der Waals surface area contributed by atoms with Crippen molar-refractivity contribution in [1.82, 2.24) is 4.98 Å². The highest BCUT2D eigenvalue weighted by atomic mass is 79.9. The van der Waals surface area contributed by atoms with Gasteiger partial charge in [0, 0.05) is 11.0 Å². The number of ether oxygens (including phenoxy) is 1. The first-order chi connectivity index (χ1) is 7.51. The Bertz CT molecular complexity index is 410. The van der Waals surface area contributed by atoms with Crippen molar-refractivity contribution in [1.29, 1.82) is 0 Å². The molecule has 6 heteroatoms. The summed E-state index contributed by atoms with van der Waals surface area (Å²) < 4.78 is 29.8. The quantitative estimate of drug-likeness (QED) is 0.635. The molecule has 0 fully saturated rings. The van der Waals surface area contributed by atoms with Crippen molar-refractivity contribution in [3.8, 4) is 0 Å². The Morgan fingerprint density at radius 1 is 1.62 bits per heavy atom. The first-order valence-electron chi connectivity index (χ1n) is 4.44. The van der Waals surface area contributed by atoms with Crippen LogP contribution in [0, 0.1) is 6.92 Å². The SMILES string of the molecule is COC(=O)c1nc(C)c(CBr)cc1C(F)F. The average Bonchev–Trinajstić information content (AvgIpc) is 2.27. The first-order valence-corrected chi connectivity index (χ1v) is 5.56. The van der Waals surface area contributed by atoms with Crippen LogP contribution in [-0.4, -0.2) is 18.1 Å². The predicted molar refractivity (Wildman–Crippen MR) is 57.9 cm³/mol. The van der Waals surface area contributed by atoms with E-state index in [1.165, 1.54) is 6.07 Å². The topological polar surface area (TPSA) is 39.2 Å². The highest BCUT2D eigenvalue weighted by molar-refractivity contribution is 9.08. The zero-order valence-electron chi connectivity index (χ0n) is 8.76. The Balaban J connectivity index is 3.36. The lowest BCUT2D eigenvalue weighted by Crippen LogP contribution is -2.11. The van der Waals surface area contributed by atoms with Gasteiger partial charge in [0.25, 0.3) is 6.43 Å². The summed E-state index contributed by atoms with van der Waals surface area (Å²) in [6, 6.07) is 1.27. The highest BCUT2D eigenvalue weighted by Crippen LogP contribution is 2.25. The summed E-state index contributed by atoms with van der Waals surface area (Å²) >= 11 is 3.17. The molecule has 0 aromatic carbocycles. The van der Waals surface area contributed by atoms with Crippen molar-refractivity contribution in [3.63, 3.8) is 0 Å². The van der Waals surface area contributed by atoms with E-state index in [4.69, 9.17) is 0 Å². The van der Waals surface area contributed by atoms with Crippen molar-refractivity contribution < 1.29 is 18.3 Å². The summed E-state index contributed by atoms with van der Waals surface area (Å²) in [5.74, 6) is -0.848. The lowest BCUT2D eigenvalue weighted by atomic mass is 10.1. The number of alkyl halides is 3. The van der Waals surface area contributed by atoms with Gasteiger partial charge in [0.05, 0.1) is 12.7 Å². The smallest absolute Gasteiger partial charge is 0.357 e. The standard InChI is InChI=1S/C10H10BrF2NO2/c1-5-6(4-11)3-7(9(12)13)8(14-5)10(15)16-2/h3,9H,4H2,1-2H3. The fourth-order valence-corrected chi connectivity index (χ4v) is 1.79. The highest BCUT2D eigenvalue weighted by Gasteiger charge is 2.22. The van der Waals surface area contributed by atoms with Crippen LogP contribution in [0.25, 0.3) is 0 Å². The van der Waals surface area contributed by atoms with Gasteiger partial charge >= 0.3 is 5.97 Å². The van der Waals surface area contributed by atoms with Crippen LogP contribution in [0.2, 0.25) is 0 Å². The van der Waals surface area contributed by atoms with Crippen LogP contribution in [-0.2, 0) is 10.1 Å². The normalized spacial score (nSPS) is 10.6. The molecular formula is C10H10BrF2NO2. The molecule has 1 aromatic rings. The van der Waals surface area contributed by atoms with Gasteiger partial charge in [-0.3, -0.25) is 0 Å². The van der Waals surface area contributed by atoms with Gasteiger partial charge in [-0.25, -0.2) is 18.6 Å². The maximum Gasteiger partial charge on any atom is 0.357 e. The molecule has 0 aliphatic heterocycles. The molecule has 1 rings (SSSR count). The summed E-state index contributed by atoms with van der Waals surface area (Å²) in [7, 11) is 1.13. The lowest BCUT2D eigenvalue weighted by Gasteiger charge is -2.10. The molecule has 0 N–H and O–H groups in total. The molecule has 0 saturated carbocycles. The number of methoxy groups -OCH3 is 1. The van der Waals surface area contributed by atoms with Crippen LogP contribution >= 0.6 is 15.9 Å². The van der Waals surface area contributed by atoms with E-state index in [-0.39, 0.29) is 5.69 Å². The molecule has 0 unspecified atom stereocenters. The molecule has 0 amide bonds. The Kier molecular flexibility index (Phi) is 4.35. The summed E-state index contributed by atoms with van der Waals surface area (Å²) in [6.07, 6.45) is -2.75. The number of aryl methyl sites for hydroxylation is 1. The molecule has 0 atom stereocenters. The molecule has 1 heterocycles. The zero-order chi connectivity index (χ0) is 12.3. The van der Waals surface area contributed by atoms with Gasteiger partial charge in [-0.2, -0.15) is 0 Å². The summed E-state index contributed by atoms with van der Waals surface area (Å²) in [5, 5.41) is 0.410. The first kappa shape index (κ1) is 13.0. The molecule has 0 saturated heterocycles. The van der Waals surface area contributed by atoms with Gasteiger partial charge in [0.1, 0.15) is 0 Å². The molecule has 1 aromatic heterocycles. The Labute approximate surface area is 99.9 Å². The van der Waals surface area contributed by atoms with Crippen LogP contribution in [0.3, 0.4) is 0 Å². The van der Waals surface area contributed by atoms with Crippen LogP contribution < -0.4 is 0 Å². The Hall–Kier alpha value is -1.04. The lowest BCUT2D eigenvalue weighted by molar-refractivity contribution is 0.0581. The van der Waals surface area contributed by atoms with E-state index in [0.717, 1.165) is 7.11 Å². The van der Waals surface area contributed by atoms with E-state index in [2.05, 4.69) is 25.7 Å². The fourth-order valence-electron chi connectivity index (χ4n) is 1.23. The molecule has 0 bridgehead atoms. The molecule has 0 aliphatic carbocycles. The van der Waals surface area contributed by atoms with Gasteiger partial charge in [-0.15, -0.1) is 0 Å². The summed E-state index contributed by atoms with van der Waals surface area (Å²) in [5.41, 5.74) is 0.441. The van der Waals surface area contributed by atoms with Crippen LogP contribution in [0.15, 0.2) is 6.07 Å². The van der Waals surface area contributed by atoms with E-state index in [9.17, 15) is 13.6 Å². The van der Waals surface area contributed by atoms with Gasteiger partial charge in [0.15, 0.2) is 5.69 Å². The van der Waals surface area contributed by atoms with E-state index in [1.54, 1.807) is 6.92 Å². The second-order valence-electron chi connectivity index (χ2n) is 3.10. The van der Waals surface area contributed by atoms with E-state index in [0.29, 0.717) is 16.6 Å². The van der Waals surface area contributed by atoms with Gasteiger partial charge in [-0.05, 0) is 18.6 Å². The Morgan fingerprint density at radius 2 is 2.25 bits per heavy atom. The largest absolute Gasteiger partial charge is 0.464 e. The van der Waals surface area contributed by atoms with Crippen LogP contribution in [0.4, 0.5) is 8.78 Å². The molecule has 0 radical (unpaired) electrons. The van der Waals surface area contributed by atoms with Gasteiger partial charge < -0.3 is 4.74 Å². The number of hydrogen-bond donors (Lipinski definition) is 0. The van der Waals surface area contributed by atoms with Crippen molar-refractivity contribution >= 4 is 21.9 Å². The minimum absolute atomic E-state index is 0.320. The maximum atomic E-state index is 12.7. The molecular weight excluding hydrogens is 284 g/mol. The number of carbonyl (C=O) groups is 1.